The summed E-state index contributed by atoms with van der Waals surface area (Å²) in [6, 6.07) is 7.45. The topological polar surface area (TPSA) is 72.9 Å². The predicted octanol–water partition coefficient (Wildman–Crippen LogP) is 4.48. The van der Waals surface area contributed by atoms with Gasteiger partial charge in [-0.15, -0.1) is 6.58 Å². The summed E-state index contributed by atoms with van der Waals surface area (Å²) < 4.78 is 37.7. The third-order valence-corrected chi connectivity index (χ3v) is 6.87. The quantitative estimate of drug-likeness (QED) is 0.465. The maximum absolute atomic E-state index is 13.4. The Morgan fingerprint density at radius 3 is 2.43 bits per heavy atom. The van der Waals surface area contributed by atoms with E-state index in [9.17, 15) is 13.2 Å². The minimum atomic E-state index is -4.13. The van der Waals surface area contributed by atoms with Crippen LogP contribution in [0, 0.1) is 6.92 Å². The van der Waals surface area contributed by atoms with Gasteiger partial charge in [0.15, 0.2) is 0 Å². The monoisotopic (exact) mass is 443 g/mol. The lowest BCUT2D eigenvalue weighted by Gasteiger charge is -2.26. The van der Waals surface area contributed by atoms with Crippen molar-refractivity contribution in [2.75, 3.05) is 25.1 Å². The molecule has 0 aliphatic rings. The van der Waals surface area contributed by atoms with Crippen molar-refractivity contribution in [1.29, 1.82) is 0 Å². The molecule has 0 radical (unpaired) electrons. The SMILES string of the molecule is C=CCN(c1cccc(C(=O)OC)c1C)S(=O)(=O)c1ccc(OC)c(Cl)c1Cl. The van der Waals surface area contributed by atoms with Crippen molar-refractivity contribution >= 4 is 44.9 Å². The van der Waals surface area contributed by atoms with E-state index >= 15 is 0 Å². The minimum absolute atomic E-state index is 0.0103. The van der Waals surface area contributed by atoms with Gasteiger partial charge in [-0.3, -0.25) is 4.31 Å². The van der Waals surface area contributed by atoms with Crippen molar-refractivity contribution in [2.24, 2.45) is 0 Å². The zero-order valence-corrected chi connectivity index (χ0v) is 17.9. The van der Waals surface area contributed by atoms with Crippen LogP contribution in [0.2, 0.25) is 10.0 Å². The summed E-state index contributed by atoms with van der Waals surface area (Å²) in [5.41, 5.74) is 0.990. The average molecular weight is 444 g/mol. The van der Waals surface area contributed by atoms with E-state index < -0.39 is 16.0 Å². The van der Waals surface area contributed by atoms with Crippen LogP contribution in [0.1, 0.15) is 15.9 Å². The summed E-state index contributed by atoms with van der Waals surface area (Å²) in [7, 11) is -1.47. The molecule has 0 amide bonds. The van der Waals surface area contributed by atoms with Crippen LogP contribution in [0.25, 0.3) is 0 Å². The van der Waals surface area contributed by atoms with E-state index in [0.29, 0.717) is 11.3 Å². The molecular weight excluding hydrogens is 425 g/mol. The second kappa shape index (κ2) is 8.86. The van der Waals surface area contributed by atoms with E-state index in [0.717, 1.165) is 4.31 Å². The lowest BCUT2D eigenvalue weighted by atomic mass is 10.1. The Labute approximate surface area is 174 Å². The fraction of sp³-hybridized carbons (Fsp3) is 0.211. The van der Waals surface area contributed by atoms with Gasteiger partial charge in [0.2, 0.25) is 0 Å². The van der Waals surface area contributed by atoms with Crippen molar-refractivity contribution in [3.05, 3.63) is 64.2 Å². The number of ether oxygens (including phenoxy) is 2. The molecule has 2 aromatic rings. The van der Waals surface area contributed by atoms with Crippen LogP contribution in [0.3, 0.4) is 0 Å². The molecule has 0 aliphatic heterocycles. The van der Waals surface area contributed by atoms with Gasteiger partial charge >= 0.3 is 5.97 Å². The van der Waals surface area contributed by atoms with Gasteiger partial charge < -0.3 is 9.47 Å². The number of nitrogens with zero attached hydrogens (tertiary/aromatic N) is 1. The highest BCUT2D eigenvalue weighted by Crippen LogP contribution is 2.39. The molecule has 0 saturated heterocycles. The van der Waals surface area contributed by atoms with Crippen LogP contribution >= 0.6 is 23.2 Å². The summed E-state index contributed by atoms with van der Waals surface area (Å²) in [6.45, 7) is 5.21. The van der Waals surface area contributed by atoms with Crippen LogP contribution in [0.5, 0.6) is 5.75 Å². The van der Waals surface area contributed by atoms with Crippen molar-refractivity contribution < 1.29 is 22.7 Å². The Balaban J connectivity index is 2.69. The molecule has 0 N–H and O–H groups in total. The smallest absolute Gasteiger partial charge is 0.338 e. The number of sulfonamides is 1. The van der Waals surface area contributed by atoms with E-state index in [1.807, 2.05) is 0 Å². The van der Waals surface area contributed by atoms with Gasteiger partial charge in [-0.2, -0.15) is 0 Å². The number of methoxy groups -OCH3 is 2. The van der Waals surface area contributed by atoms with E-state index in [1.165, 1.54) is 32.4 Å². The van der Waals surface area contributed by atoms with E-state index in [1.54, 1.807) is 25.1 Å². The summed E-state index contributed by atoms with van der Waals surface area (Å²) in [6.07, 6.45) is 1.43. The van der Waals surface area contributed by atoms with Crippen molar-refractivity contribution in [3.63, 3.8) is 0 Å². The molecule has 28 heavy (non-hydrogen) atoms. The minimum Gasteiger partial charge on any atom is -0.495 e. The van der Waals surface area contributed by atoms with Crippen LogP contribution in [-0.2, 0) is 14.8 Å². The van der Waals surface area contributed by atoms with Crippen molar-refractivity contribution in [3.8, 4) is 5.75 Å². The normalized spacial score (nSPS) is 11.0. The summed E-state index contributed by atoms with van der Waals surface area (Å²) in [5, 5.41) is -0.166. The molecule has 0 atom stereocenters. The highest BCUT2D eigenvalue weighted by atomic mass is 35.5. The van der Waals surface area contributed by atoms with E-state index in [2.05, 4.69) is 6.58 Å². The molecule has 0 aromatic heterocycles. The third kappa shape index (κ3) is 3.97. The molecular formula is C19H19Cl2NO5S. The predicted molar refractivity (Wildman–Crippen MR) is 110 cm³/mol. The molecule has 0 bridgehead atoms. The lowest BCUT2D eigenvalue weighted by Crippen LogP contribution is -2.32. The number of hydrogen-bond donors (Lipinski definition) is 0. The number of rotatable bonds is 7. The zero-order valence-electron chi connectivity index (χ0n) is 15.5. The number of hydrogen-bond acceptors (Lipinski definition) is 5. The number of benzene rings is 2. The molecule has 2 aromatic carbocycles. The number of carbonyl (C=O) groups is 1. The molecule has 9 heteroatoms. The Kier molecular flexibility index (Phi) is 6.98. The molecule has 0 aliphatic carbocycles. The van der Waals surface area contributed by atoms with E-state index in [4.69, 9.17) is 32.7 Å². The molecule has 0 fully saturated rings. The largest absolute Gasteiger partial charge is 0.495 e. The van der Waals surface area contributed by atoms with Gasteiger partial charge in [-0.25, -0.2) is 13.2 Å². The van der Waals surface area contributed by atoms with Crippen LogP contribution < -0.4 is 9.04 Å². The van der Waals surface area contributed by atoms with Gasteiger partial charge in [0.25, 0.3) is 10.0 Å². The molecule has 0 spiro atoms. The van der Waals surface area contributed by atoms with Crippen molar-refractivity contribution in [2.45, 2.75) is 11.8 Å². The summed E-state index contributed by atoms with van der Waals surface area (Å²) in [5.74, 6) is -0.314. The highest BCUT2D eigenvalue weighted by Gasteiger charge is 2.30. The summed E-state index contributed by atoms with van der Waals surface area (Å²) in [4.78, 5) is 11.8. The first-order valence-electron chi connectivity index (χ1n) is 8.04. The number of carbonyl (C=O) groups excluding carboxylic acids is 1. The maximum Gasteiger partial charge on any atom is 0.338 e. The fourth-order valence-electron chi connectivity index (χ4n) is 2.66. The number of halogens is 2. The lowest BCUT2D eigenvalue weighted by molar-refractivity contribution is 0.0600. The summed E-state index contributed by atoms with van der Waals surface area (Å²) >= 11 is 12.3. The van der Waals surface area contributed by atoms with Crippen molar-refractivity contribution in [1.82, 2.24) is 0 Å². The molecule has 6 nitrogen and oxygen atoms in total. The maximum atomic E-state index is 13.4. The Hall–Kier alpha value is -2.22. The van der Waals surface area contributed by atoms with Crippen LogP contribution in [-0.4, -0.2) is 35.2 Å². The van der Waals surface area contributed by atoms with Gasteiger partial charge in [0.1, 0.15) is 15.7 Å². The third-order valence-electron chi connectivity index (χ3n) is 4.07. The number of anilines is 1. The first-order chi connectivity index (χ1) is 13.2. The molecule has 0 unspecified atom stereocenters. The second-order valence-corrected chi connectivity index (χ2v) is 8.25. The standard InChI is InChI=1S/C19H19Cl2NO5S/c1-5-11-22(14-8-6-7-13(12(14)2)19(23)27-4)28(24,25)16-10-9-15(26-3)17(20)18(16)21/h5-10H,1,11H2,2-4H3. The highest BCUT2D eigenvalue weighted by molar-refractivity contribution is 7.93. The van der Waals surface area contributed by atoms with Gasteiger partial charge in [-0.05, 0) is 36.8 Å². The molecule has 150 valence electrons. The Morgan fingerprint density at radius 2 is 1.86 bits per heavy atom. The first kappa shape index (κ1) is 22.1. The van der Waals surface area contributed by atoms with E-state index in [-0.39, 0.29) is 32.8 Å². The number of esters is 1. The van der Waals surface area contributed by atoms with Gasteiger partial charge in [0.05, 0.1) is 37.0 Å². The fourth-order valence-corrected chi connectivity index (χ4v) is 4.97. The van der Waals surface area contributed by atoms with Gasteiger partial charge in [0, 0.05) is 0 Å². The molecule has 0 heterocycles. The van der Waals surface area contributed by atoms with Crippen LogP contribution in [0.4, 0.5) is 5.69 Å². The van der Waals surface area contributed by atoms with Crippen LogP contribution in [0.15, 0.2) is 47.9 Å². The molecule has 2 rings (SSSR count). The zero-order chi connectivity index (χ0) is 21.1. The Morgan fingerprint density at radius 1 is 1.18 bits per heavy atom. The van der Waals surface area contributed by atoms with Gasteiger partial charge in [-0.1, -0.05) is 35.3 Å². The second-order valence-electron chi connectivity index (χ2n) is 5.66. The first-order valence-corrected chi connectivity index (χ1v) is 10.2. The Bertz CT molecular complexity index is 1020. The molecule has 0 saturated carbocycles. The average Bonchev–Trinajstić information content (AvgIpc) is 2.67.